The average molecular weight is 368 g/mol. The zero-order valence-electron chi connectivity index (χ0n) is 10.9. The summed E-state index contributed by atoms with van der Waals surface area (Å²) in [5.74, 6) is 1.62. The van der Waals surface area contributed by atoms with E-state index in [-0.39, 0.29) is 0 Å². The average Bonchev–Trinajstić information content (AvgIpc) is 2.39. The summed E-state index contributed by atoms with van der Waals surface area (Å²) in [6, 6.07) is 10.00. The Hall–Kier alpha value is -1.14. The molecule has 0 atom stereocenters. The minimum absolute atomic E-state index is 0.776. The molecule has 19 heavy (non-hydrogen) atoms. The van der Waals surface area contributed by atoms with Gasteiger partial charge in [-0.1, -0.05) is 13.0 Å². The molecule has 3 nitrogen and oxygen atoms in total. The van der Waals surface area contributed by atoms with Gasteiger partial charge in [0, 0.05) is 16.3 Å². The fraction of sp³-hybridized carbons (Fsp3) is 0.267. The molecule has 0 aliphatic heterocycles. The molecule has 0 amide bonds. The van der Waals surface area contributed by atoms with Crippen molar-refractivity contribution < 1.29 is 4.74 Å². The minimum Gasteiger partial charge on any atom is -0.456 e. The smallest absolute Gasteiger partial charge is 0.146 e. The number of aromatic nitrogens is 1. The summed E-state index contributed by atoms with van der Waals surface area (Å²) >= 11 is 2.27. The van der Waals surface area contributed by atoms with Crippen molar-refractivity contribution in [3.05, 3.63) is 51.9 Å². The Morgan fingerprint density at radius 3 is 2.89 bits per heavy atom. The molecular formula is C15H17IN2O. The summed E-state index contributed by atoms with van der Waals surface area (Å²) in [5.41, 5.74) is 1.14. The van der Waals surface area contributed by atoms with E-state index in [1.54, 1.807) is 6.20 Å². The normalized spacial score (nSPS) is 10.4. The van der Waals surface area contributed by atoms with E-state index < -0.39 is 0 Å². The van der Waals surface area contributed by atoms with Crippen LogP contribution in [0.2, 0.25) is 0 Å². The van der Waals surface area contributed by atoms with E-state index in [1.807, 2.05) is 36.5 Å². The molecule has 1 aromatic carbocycles. The Bertz CT molecular complexity index is 531. The van der Waals surface area contributed by atoms with E-state index in [2.05, 4.69) is 39.8 Å². The highest BCUT2D eigenvalue weighted by Crippen LogP contribution is 2.22. The number of halogens is 1. The summed E-state index contributed by atoms with van der Waals surface area (Å²) < 4.78 is 6.97. The fourth-order valence-corrected chi connectivity index (χ4v) is 2.21. The summed E-state index contributed by atoms with van der Waals surface area (Å²) in [6.45, 7) is 3.99. The third-order valence-corrected chi connectivity index (χ3v) is 3.23. The van der Waals surface area contributed by atoms with Crippen LogP contribution in [0.3, 0.4) is 0 Å². The van der Waals surface area contributed by atoms with Crippen molar-refractivity contribution in [2.24, 2.45) is 0 Å². The fourth-order valence-electron chi connectivity index (χ4n) is 1.69. The van der Waals surface area contributed by atoms with Crippen LogP contribution in [0.1, 0.15) is 18.9 Å². The number of hydrogen-bond donors (Lipinski definition) is 1. The molecule has 0 aliphatic rings. The van der Waals surface area contributed by atoms with Gasteiger partial charge in [-0.15, -0.1) is 0 Å². The molecule has 4 heteroatoms. The van der Waals surface area contributed by atoms with Gasteiger partial charge in [0.2, 0.25) is 0 Å². The molecule has 2 aromatic rings. The maximum absolute atomic E-state index is 5.81. The first-order valence-corrected chi connectivity index (χ1v) is 7.44. The first-order valence-electron chi connectivity index (χ1n) is 6.36. The molecule has 0 aliphatic carbocycles. The molecule has 1 aromatic heterocycles. The van der Waals surface area contributed by atoms with Gasteiger partial charge in [0.15, 0.2) is 0 Å². The number of pyridine rings is 1. The van der Waals surface area contributed by atoms with Gasteiger partial charge in [0.1, 0.15) is 11.5 Å². The largest absolute Gasteiger partial charge is 0.456 e. The van der Waals surface area contributed by atoms with Gasteiger partial charge in [-0.2, -0.15) is 0 Å². The predicted octanol–water partition coefficient (Wildman–Crippen LogP) is 3.98. The Kier molecular flexibility index (Phi) is 5.60. The highest BCUT2D eigenvalue weighted by Gasteiger charge is 2.00. The number of nitrogens with one attached hydrogen (secondary N) is 1. The van der Waals surface area contributed by atoms with E-state index in [1.165, 1.54) is 0 Å². The van der Waals surface area contributed by atoms with Gasteiger partial charge < -0.3 is 10.1 Å². The molecule has 1 heterocycles. The lowest BCUT2D eigenvalue weighted by molar-refractivity contribution is 0.478. The number of rotatable bonds is 6. The van der Waals surface area contributed by atoms with Crippen LogP contribution in [0.5, 0.6) is 11.5 Å². The Balaban J connectivity index is 2.02. The lowest BCUT2D eigenvalue weighted by atomic mass is 10.2. The van der Waals surface area contributed by atoms with Crippen molar-refractivity contribution in [1.82, 2.24) is 10.3 Å². The maximum Gasteiger partial charge on any atom is 0.146 e. The highest BCUT2D eigenvalue weighted by molar-refractivity contribution is 14.1. The molecule has 2 rings (SSSR count). The van der Waals surface area contributed by atoms with Crippen molar-refractivity contribution in [3.63, 3.8) is 0 Å². The Labute approximate surface area is 127 Å². The van der Waals surface area contributed by atoms with Crippen LogP contribution in [0.15, 0.2) is 42.7 Å². The van der Waals surface area contributed by atoms with Gasteiger partial charge in [-0.05, 0) is 65.4 Å². The zero-order chi connectivity index (χ0) is 13.5. The molecule has 0 radical (unpaired) electrons. The predicted molar refractivity (Wildman–Crippen MR) is 85.5 cm³/mol. The van der Waals surface area contributed by atoms with Crippen LogP contribution in [0.4, 0.5) is 0 Å². The first-order chi connectivity index (χ1) is 9.28. The summed E-state index contributed by atoms with van der Waals surface area (Å²) in [7, 11) is 0. The second-order valence-electron chi connectivity index (χ2n) is 4.27. The van der Waals surface area contributed by atoms with Gasteiger partial charge in [0.25, 0.3) is 0 Å². The standard InChI is InChI=1S/C15H17IN2O/c1-2-6-17-9-12-7-15(11-18-10-12)19-14-5-3-4-13(16)8-14/h3-5,7-8,10-11,17H,2,6,9H2,1H3. The monoisotopic (exact) mass is 368 g/mol. The number of nitrogens with zero attached hydrogens (tertiary/aromatic N) is 1. The molecule has 0 saturated carbocycles. The van der Waals surface area contributed by atoms with Crippen molar-refractivity contribution in [2.75, 3.05) is 6.54 Å². The molecule has 100 valence electrons. The van der Waals surface area contributed by atoms with Crippen LogP contribution in [-0.4, -0.2) is 11.5 Å². The molecule has 1 N–H and O–H groups in total. The topological polar surface area (TPSA) is 34.2 Å². The van der Waals surface area contributed by atoms with E-state index in [0.29, 0.717) is 0 Å². The number of hydrogen-bond acceptors (Lipinski definition) is 3. The second-order valence-corrected chi connectivity index (χ2v) is 5.51. The molecule has 0 fully saturated rings. The quantitative estimate of drug-likeness (QED) is 0.619. The summed E-state index contributed by atoms with van der Waals surface area (Å²) in [5, 5.41) is 3.35. The number of ether oxygens (including phenoxy) is 1. The molecule has 0 bridgehead atoms. The van der Waals surface area contributed by atoms with E-state index >= 15 is 0 Å². The van der Waals surface area contributed by atoms with E-state index in [9.17, 15) is 0 Å². The number of benzene rings is 1. The minimum atomic E-state index is 0.776. The molecular weight excluding hydrogens is 351 g/mol. The zero-order valence-corrected chi connectivity index (χ0v) is 13.1. The van der Waals surface area contributed by atoms with Crippen LogP contribution >= 0.6 is 22.6 Å². The molecule has 0 unspecified atom stereocenters. The summed E-state index contributed by atoms with van der Waals surface area (Å²) in [6.07, 6.45) is 4.74. The van der Waals surface area contributed by atoms with Gasteiger partial charge in [-0.25, -0.2) is 0 Å². The van der Waals surface area contributed by atoms with E-state index in [0.717, 1.165) is 40.1 Å². The lowest BCUT2D eigenvalue weighted by Gasteiger charge is -2.08. The highest BCUT2D eigenvalue weighted by atomic mass is 127. The lowest BCUT2D eigenvalue weighted by Crippen LogP contribution is -2.13. The van der Waals surface area contributed by atoms with Crippen LogP contribution in [-0.2, 0) is 6.54 Å². The van der Waals surface area contributed by atoms with Crippen molar-refractivity contribution in [2.45, 2.75) is 19.9 Å². The third kappa shape index (κ3) is 4.80. The van der Waals surface area contributed by atoms with Crippen molar-refractivity contribution >= 4 is 22.6 Å². The van der Waals surface area contributed by atoms with Gasteiger partial charge in [0.05, 0.1) is 6.20 Å². The van der Waals surface area contributed by atoms with Gasteiger partial charge in [-0.3, -0.25) is 4.98 Å². The van der Waals surface area contributed by atoms with Crippen molar-refractivity contribution in [3.8, 4) is 11.5 Å². The van der Waals surface area contributed by atoms with E-state index in [4.69, 9.17) is 4.74 Å². The van der Waals surface area contributed by atoms with Crippen molar-refractivity contribution in [1.29, 1.82) is 0 Å². The Morgan fingerprint density at radius 1 is 1.21 bits per heavy atom. The van der Waals surface area contributed by atoms with Crippen LogP contribution < -0.4 is 10.1 Å². The first kappa shape index (κ1) is 14.3. The third-order valence-electron chi connectivity index (χ3n) is 2.56. The summed E-state index contributed by atoms with van der Waals surface area (Å²) in [4.78, 5) is 4.22. The molecule has 0 spiro atoms. The SMILES string of the molecule is CCCNCc1cncc(Oc2cccc(I)c2)c1. The second kappa shape index (κ2) is 7.45. The Morgan fingerprint density at radius 2 is 2.11 bits per heavy atom. The van der Waals surface area contributed by atoms with Gasteiger partial charge >= 0.3 is 0 Å². The maximum atomic E-state index is 5.81. The van der Waals surface area contributed by atoms with Crippen LogP contribution in [0.25, 0.3) is 0 Å². The molecule has 0 saturated heterocycles. The van der Waals surface area contributed by atoms with Crippen LogP contribution in [0, 0.1) is 3.57 Å².